The lowest BCUT2D eigenvalue weighted by Gasteiger charge is -2.07. The molecule has 0 fully saturated rings. The number of nitrogen functional groups attached to an aromatic ring is 1. The Balaban J connectivity index is 2.21. The highest BCUT2D eigenvalue weighted by Gasteiger charge is 2.09. The Kier molecular flexibility index (Phi) is 3.05. The number of carbonyl (C=O) groups is 1. The van der Waals surface area contributed by atoms with Gasteiger partial charge in [0.1, 0.15) is 5.82 Å². The highest BCUT2D eigenvalue weighted by atomic mass is 16.1. The zero-order chi connectivity index (χ0) is 12.3. The predicted octanol–water partition coefficient (Wildman–Crippen LogP) is 2.22. The molecule has 0 aliphatic rings. The van der Waals surface area contributed by atoms with Crippen molar-refractivity contribution < 1.29 is 4.79 Å². The van der Waals surface area contributed by atoms with E-state index < -0.39 is 0 Å². The van der Waals surface area contributed by atoms with Crippen LogP contribution in [0.3, 0.4) is 0 Å². The summed E-state index contributed by atoms with van der Waals surface area (Å²) in [7, 11) is 0. The van der Waals surface area contributed by atoms with Crippen molar-refractivity contribution >= 4 is 17.4 Å². The summed E-state index contributed by atoms with van der Waals surface area (Å²) in [5.41, 5.74) is 7.73. The first-order chi connectivity index (χ1) is 8.16. The Hall–Kier alpha value is -2.36. The second kappa shape index (κ2) is 4.65. The fraction of sp³-hybridized carbons (Fsp3) is 0.0769. The monoisotopic (exact) mass is 227 g/mol. The zero-order valence-electron chi connectivity index (χ0n) is 9.47. The van der Waals surface area contributed by atoms with Gasteiger partial charge in [-0.1, -0.05) is 6.07 Å². The van der Waals surface area contributed by atoms with Crippen molar-refractivity contribution in [2.75, 3.05) is 11.1 Å². The highest BCUT2D eigenvalue weighted by molar-refractivity contribution is 6.04. The van der Waals surface area contributed by atoms with Crippen LogP contribution < -0.4 is 11.1 Å². The van der Waals surface area contributed by atoms with E-state index in [-0.39, 0.29) is 5.91 Å². The van der Waals surface area contributed by atoms with E-state index in [4.69, 9.17) is 5.73 Å². The van der Waals surface area contributed by atoms with Crippen LogP contribution in [0.2, 0.25) is 0 Å². The molecule has 17 heavy (non-hydrogen) atoms. The Morgan fingerprint density at radius 2 is 2.12 bits per heavy atom. The number of rotatable bonds is 2. The van der Waals surface area contributed by atoms with Gasteiger partial charge in [-0.05, 0) is 42.8 Å². The lowest BCUT2D eigenvalue weighted by Crippen LogP contribution is -2.14. The summed E-state index contributed by atoms with van der Waals surface area (Å²) in [4.78, 5) is 16.0. The third kappa shape index (κ3) is 2.60. The Morgan fingerprint density at radius 1 is 1.29 bits per heavy atom. The summed E-state index contributed by atoms with van der Waals surface area (Å²) in [6.07, 6.45) is 1.63. The van der Waals surface area contributed by atoms with Crippen LogP contribution in [0.25, 0.3) is 0 Å². The van der Waals surface area contributed by atoms with Crippen molar-refractivity contribution in [1.29, 1.82) is 0 Å². The third-order valence-corrected chi connectivity index (χ3v) is 2.40. The molecule has 2 aromatic rings. The molecule has 2 rings (SSSR count). The molecule has 0 spiro atoms. The number of carbonyl (C=O) groups excluding carboxylic acids is 1. The van der Waals surface area contributed by atoms with Gasteiger partial charge in [0.25, 0.3) is 5.91 Å². The highest BCUT2D eigenvalue weighted by Crippen LogP contribution is 2.14. The maximum Gasteiger partial charge on any atom is 0.257 e. The molecule has 3 N–H and O–H groups in total. The zero-order valence-corrected chi connectivity index (χ0v) is 9.47. The number of nitrogens with two attached hydrogens (primary N) is 1. The van der Waals surface area contributed by atoms with Crippen LogP contribution in [-0.4, -0.2) is 10.9 Å². The first kappa shape index (κ1) is 11.1. The maximum absolute atomic E-state index is 12.0. The molecule has 4 heteroatoms. The van der Waals surface area contributed by atoms with Gasteiger partial charge in [0.2, 0.25) is 0 Å². The summed E-state index contributed by atoms with van der Waals surface area (Å²) in [5, 5.41) is 2.73. The summed E-state index contributed by atoms with van der Waals surface area (Å²) in [5.74, 6) is 0.356. The SMILES string of the molecule is Cc1cc(N)ccc1C(=O)Nc1ccccn1. The van der Waals surface area contributed by atoms with Crippen molar-refractivity contribution in [3.8, 4) is 0 Å². The number of aromatic nitrogens is 1. The molecule has 1 amide bonds. The second-order valence-corrected chi connectivity index (χ2v) is 3.74. The van der Waals surface area contributed by atoms with Crippen LogP contribution in [0, 0.1) is 6.92 Å². The van der Waals surface area contributed by atoms with E-state index >= 15 is 0 Å². The Morgan fingerprint density at radius 3 is 2.76 bits per heavy atom. The van der Waals surface area contributed by atoms with Crippen molar-refractivity contribution in [2.24, 2.45) is 0 Å². The topological polar surface area (TPSA) is 68.0 Å². The Bertz CT molecular complexity index is 538. The summed E-state index contributed by atoms with van der Waals surface area (Å²) < 4.78 is 0. The molecular weight excluding hydrogens is 214 g/mol. The molecule has 1 heterocycles. The van der Waals surface area contributed by atoms with Crippen molar-refractivity contribution in [1.82, 2.24) is 4.98 Å². The van der Waals surface area contributed by atoms with E-state index in [0.717, 1.165) is 5.56 Å². The minimum absolute atomic E-state index is 0.179. The fourth-order valence-corrected chi connectivity index (χ4v) is 1.56. The summed E-state index contributed by atoms with van der Waals surface area (Å²) in [6, 6.07) is 10.5. The number of hydrogen-bond acceptors (Lipinski definition) is 3. The smallest absolute Gasteiger partial charge is 0.257 e. The van der Waals surface area contributed by atoms with E-state index in [1.165, 1.54) is 0 Å². The summed E-state index contributed by atoms with van der Waals surface area (Å²) >= 11 is 0. The van der Waals surface area contributed by atoms with Gasteiger partial charge >= 0.3 is 0 Å². The van der Waals surface area contributed by atoms with Crippen molar-refractivity contribution in [2.45, 2.75) is 6.92 Å². The molecule has 0 saturated heterocycles. The van der Waals surface area contributed by atoms with Gasteiger partial charge in [0.05, 0.1) is 0 Å². The van der Waals surface area contributed by atoms with Crippen LogP contribution >= 0.6 is 0 Å². The molecule has 86 valence electrons. The average Bonchev–Trinajstić information content (AvgIpc) is 2.30. The molecule has 0 unspecified atom stereocenters. The maximum atomic E-state index is 12.0. The molecule has 1 aromatic heterocycles. The number of nitrogens with one attached hydrogen (secondary N) is 1. The standard InChI is InChI=1S/C13H13N3O/c1-9-8-10(14)5-6-11(9)13(17)16-12-4-2-3-7-15-12/h2-8H,14H2,1H3,(H,15,16,17). The fourth-order valence-electron chi connectivity index (χ4n) is 1.56. The molecule has 0 aliphatic carbocycles. The quantitative estimate of drug-likeness (QED) is 0.773. The number of anilines is 2. The second-order valence-electron chi connectivity index (χ2n) is 3.74. The average molecular weight is 227 g/mol. The Labute approximate surface area is 99.5 Å². The number of aryl methyl sites for hydroxylation is 1. The van der Waals surface area contributed by atoms with Crippen LogP contribution in [0.4, 0.5) is 11.5 Å². The molecular formula is C13H13N3O. The molecule has 0 atom stereocenters. The van der Waals surface area contributed by atoms with Gasteiger partial charge in [-0.25, -0.2) is 4.98 Å². The van der Waals surface area contributed by atoms with Gasteiger partial charge in [0.15, 0.2) is 0 Å². The lowest BCUT2D eigenvalue weighted by atomic mass is 10.1. The minimum atomic E-state index is -0.179. The van der Waals surface area contributed by atoms with Gasteiger partial charge < -0.3 is 11.1 Å². The first-order valence-corrected chi connectivity index (χ1v) is 5.25. The number of hydrogen-bond donors (Lipinski definition) is 2. The van der Waals surface area contributed by atoms with Gasteiger partial charge in [-0.3, -0.25) is 4.79 Å². The number of pyridine rings is 1. The largest absolute Gasteiger partial charge is 0.399 e. The normalized spacial score (nSPS) is 9.94. The van der Waals surface area contributed by atoms with Gasteiger partial charge in [-0.15, -0.1) is 0 Å². The van der Waals surface area contributed by atoms with E-state index in [1.54, 1.807) is 36.5 Å². The van der Waals surface area contributed by atoms with Crippen LogP contribution in [0.1, 0.15) is 15.9 Å². The summed E-state index contributed by atoms with van der Waals surface area (Å²) in [6.45, 7) is 1.85. The van der Waals surface area contributed by atoms with E-state index in [9.17, 15) is 4.79 Å². The third-order valence-electron chi connectivity index (χ3n) is 2.40. The number of benzene rings is 1. The van der Waals surface area contributed by atoms with E-state index in [1.807, 2.05) is 13.0 Å². The van der Waals surface area contributed by atoms with Crippen LogP contribution in [0.5, 0.6) is 0 Å². The van der Waals surface area contributed by atoms with Crippen LogP contribution in [-0.2, 0) is 0 Å². The predicted molar refractivity (Wildman–Crippen MR) is 67.8 cm³/mol. The molecule has 0 saturated carbocycles. The molecule has 0 bridgehead atoms. The molecule has 0 radical (unpaired) electrons. The van der Waals surface area contributed by atoms with Gasteiger partial charge in [-0.2, -0.15) is 0 Å². The van der Waals surface area contributed by atoms with E-state index in [2.05, 4.69) is 10.3 Å². The number of nitrogens with zero attached hydrogens (tertiary/aromatic N) is 1. The molecule has 0 aliphatic heterocycles. The molecule has 4 nitrogen and oxygen atoms in total. The lowest BCUT2D eigenvalue weighted by molar-refractivity contribution is 0.102. The first-order valence-electron chi connectivity index (χ1n) is 5.25. The molecule has 1 aromatic carbocycles. The number of amides is 1. The van der Waals surface area contributed by atoms with Crippen LogP contribution in [0.15, 0.2) is 42.6 Å². The van der Waals surface area contributed by atoms with Crippen molar-refractivity contribution in [3.63, 3.8) is 0 Å². The van der Waals surface area contributed by atoms with Gasteiger partial charge in [0, 0.05) is 17.4 Å². The van der Waals surface area contributed by atoms with Crippen molar-refractivity contribution in [3.05, 3.63) is 53.7 Å². The van der Waals surface area contributed by atoms with E-state index in [0.29, 0.717) is 17.1 Å². The minimum Gasteiger partial charge on any atom is -0.399 e.